The van der Waals surface area contributed by atoms with Crippen molar-refractivity contribution in [1.82, 2.24) is 29.8 Å². The van der Waals surface area contributed by atoms with Gasteiger partial charge < -0.3 is 4.90 Å². The molecule has 3 heterocycles. The Morgan fingerprint density at radius 1 is 1.10 bits per heavy atom. The van der Waals surface area contributed by atoms with Crippen molar-refractivity contribution in [1.29, 1.82) is 0 Å². The minimum Gasteiger partial charge on any atom is -0.304 e. The van der Waals surface area contributed by atoms with Gasteiger partial charge in [0.2, 0.25) is 0 Å². The third-order valence-corrected chi connectivity index (χ3v) is 4.17. The van der Waals surface area contributed by atoms with Gasteiger partial charge in [-0.3, -0.25) is 9.88 Å². The van der Waals surface area contributed by atoms with Crippen LogP contribution in [0, 0.1) is 0 Å². The topological polar surface area (TPSA) is 50.1 Å². The molecule has 2 aromatic heterocycles. The van der Waals surface area contributed by atoms with Crippen molar-refractivity contribution in [2.75, 3.05) is 33.2 Å². The molecule has 21 heavy (non-hydrogen) atoms. The van der Waals surface area contributed by atoms with Crippen LogP contribution in [0.2, 0.25) is 0 Å². The summed E-state index contributed by atoms with van der Waals surface area (Å²) in [5, 5.41) is 9.75. The number of likely N-dealkylation sites (N-methyl/N-ethyl adjacent to an activating group) is 1. The first-order chi connectivity index (χ1) is 10.3. The highest BCUT2D eigenvalue weighted by molar-refractivity contribution is 6.01. The molecule has 1 aromatic carbocycles. The number of hydrogen-bond donors (Lipinski definition) is 0. The van der Waals surface area contributed by atoms with E-state index in [1.54, 1.807) is 0 Å². The number of rotatable bonds is 2. The van der Waals surface area contributed by atoms with E-state index in [0.717, 1.165) is 54.8 Å². The highest BCUT2D eigenvalue weighted by atomic mass is 15.5. The van der Waals surface area contributed by atoms with Crippen molar-refractivity contribution >= 4 is 21.9 Å². The second-order valence-electron chi connectivity index (χ2n) is 5.66. The van der Waals surface area contributed by atoms with Gasteiger partial charge in [-0.05, 0) is 19.2 Å². The molecule has 6 heteroatoms. The lowest BCUT2D eigenvalue weighted by Gasteiger charge is -2.32. The first-order valence-electron chi connectivity index (χ1n) is 7.29. The number of hydrogen-bond acceptors (Lipinski definition) is 5. The van der Waals surface area contributed by atoms with Crippen LogP contribution in [0.5, 0.6) is 0 Å². The van der Waals surface area contributed by atoms with E-state index < -0.39 is 0 Å². The molecule has 1 fully saturated rings. The Balaban J connectivity index is 1.73. The summed E-state index contributed by atoms with van der Waals surface area (Å²) < 4.78 is 1.98. The van der Waals surface area contributed by atoms with Crippen molar-refractivity contribution in [3.05, 3.63) is 30.5 Å². The van der Waals surface area contributed by atoms with E-state index in [9.17, 15) is 0 Å². The quantitative estimate of drug-likeness (QED) is 0.706. The molecule has 0 atom stereocenters. The summed E-state index contributed by atoms with van der Waals surface area (Å²) in [7, 11) is 2.17. The smallest absolute Gasteiger partial charge is 0.116 e. The Bertz CT molecular complexity index is 772. The number of aromatic nitrogens is 4. The number of nitrogens with zero attached hydrogens (tertiary/aromatic N) is 6. The summed E-state index contributed by atoms with van der Waals surface area (Å²) >= 11 is 0. The first kappa shape index (κ1) is 12.7. The molecule has 4 rings (SSSR count). The molecule has 108 valence electrons. The standard InChI is InChI=1S/C15H18N6/c1-19-7-9-20(10-8-19)11-21-15-13(17-18-21)5-4-12-3-2-6-16-14(12)15/h2-6H,7-11H2,1H3. The SMILES string of the molecule is CN1CCN(Cn2nnc3ccc4cccnc4c32)CC1. The fourth-order valence-corrected chi connectivity index (χ4v) is 2.88. The summed E-state index contributed by atoms with van der Waals surface area (Å²) in [6.07, 6.45) is 1.83. The van der Waals surface area contributed by atoms with E-state index in [-0.39, 0.29) is 0 Å². The minimum atomic E-state index is 0.778. The first-order valence-corrected chi connectivity index (χ1v) is 7.29. The van der Waals surface area contributed by atoms with Crippen LogP contribution < -0.4 is 0 Å². The molecule has 0 aliphatic carbocycles. The maximum Gasteiger partial charge on any atom is 0.116 e. The van der Waals surface area contributed by atoms with Crippen molar-refractivity contribution < 1.29 is 0 Å². The van der Waals surface area contributed by atoms with Crippen LogP contribution in [0.3, 0.4) is 0 Å². The van der Waals surface area contributed by atoms with Crippen LogP contribution in [0.25, 0.3) is 21.9 Å². The predicted octanol–water partition coefficient (Wildman–Crippen LogP) is 1.18. The number of pyridine rings is 1. The molecule has 0 amide bonds. The number of fused-ring (bicyclic) bond motifs is 3. The second-order valence-corrected chi connectivity index (χ2v) is 5.66. The number of benzene rings is 1. The highest BCUT2D eigenvalue weighted by Crippen LogP contribution is 2.22. The molecular weight excluding hydrogens is 264 g/mol. The van der Waals surface area contributed by atoms with Crippen molar-refractivity contribution in [2.45, 2.75) is 6.67 Å². The largest absolute Gasteiger partial charge is 0.304 e. The van der Waals surface area contributed by atoms with Gasteiger partial charge in [-0.25, -0.2) is 4.68 Å². The normalized spacial score (nSPS) is 17.8. The van der Waals surface area contributed by atoms with Gasteiger partial charge in [-0.2, -0.15) is 0 Å². The average molecular weight is 282 g/mol. The van der Waals surface area contributed by atoms with Crippen LogP contribution in [-0.2, 0) is 6.67 Å². The Morgan fingerprint density at radius 3 is 2.81 bits per heavy atom. The molecule has 1 saturated heterocycles. The van der Waals surface area contributed by atoms with Gasteiger partial charge in [0.25, 0.3) is 0 Å². The van der Waals surface area contributed by atoms with Gasteiger partial charge in [0.05, 0.1) is 12.2 Å². The maximum atomic E-state index is 4.52. The summed E-state index contributed by atoms with van der Waals surface area (Å²) in [5.74, 6) is 0. The van der Waals surface area contributed by atoms with E-state index in [4.69, 9.17) is 0 Å². The molecule has 0 bridgehead atoms. The third kappa shape index (κ3) is 2.26. The summed E-state index contributed by atoms with van der Waals surface area (Å²) in [6.45, 7) is 5.11. The molecule has 0 radical (unpaired) electrons. The summed E-state index contributed by atoms with van der Waals surface area (Å²) in [5.41, 5.74) is 2.93. The predicted molar refractivity (Wildman–Crippen MR) is 81.9 cm³/mol. The molecule has 1 aliphatic rings. The third-order valence-electron chi connectivity index (χ3n) is 4.17. The van der Waals surface area contributed by atoms with Crippen LogP contribution in [0.4, 0.5) is 0 Å². The van der Waals surface area contributed by atoms with E-state index in [0.29, 0.717) is 0 Å². The fourth-order valence-electron chi connectivity index (χ4n) is 2.88. The lowest BCUT2D eigenvalue weighted by molar-refractivity contribution is 0.120. The summed E-state index contributed by atoms with van der Waals surface area (Å²) in [6, 6.07) is 8.12. The molecule has 6 nitrogen and oxygen atoms in total. The molecule has 0 saturated carbocycles. The zero-order chi connectivity index (χ0) is 14.2. The van der Waals surface area contributed by atoms with Gasteiger partial charge >= 0.3 is 0 Å². The average Bonchev–Trinajstić information content (AvgIpc) is 2.93. The van der Waals surface area contributed by atoms with E-state index in [1.165, 1.54) is 0 Å². The number of piperazine rings is 1. The molecule has 1 aliphatic heterocycles. The van der Waals surface area contributed by atoms with Gasteiger partial charge in [0.15, 0.2) is 0 Å². The van der Waals surface area contributed by atoms with Crippen molar-refractivity contribution in [3.8, 4) is 0 Å². The zero-order valence-electron chi connectivity index (χ0n) is 12.1. The minimum absolute atomic E-state index is 0.778. The lowest BCUT2D eigenvalue weighted by Crippen LogP contribution is -2.45. The van der Waals surface area contributed by atoms with Crippen LogP contribution >= 0.6 is 0 Å². The Labute approximate surface area is 123 Å². The zero-order valence-corrected chi connectivity index (χ0v) is 12.1. The highest BCUT2D eigenvalue weighted by Gasteiger charge is 2.16. The maximum absolute atomic E-state index is 4.52. The van der Waals surface area contributed by atoms with E-state index in [1.807, 2.05) is 23.0 Å². The molecule has 0 unspecified atom stereocenters. The van der Waals surface area contributed by atoms with Crippen LogP contribution in [0.15, 0.2) is 30.5 Å². The monoisotopic (exact) mass is 282 g/mol. The van der Waals surface area contributed by atoms with E-state index in [2.05, 4.69) is 44.3 Å². The van der Waals surface area contributed by atoms with Crippen LogP contribution in [-0.4, -0.2) is 63.0 Å². The van der Waals surface area contributed by atoms with Gasteiger partial charge in [0, 0.05) is 37.8 Å². The summed E-state index contributed by atoms with van der Waals surface area (Å²) in [4.78, 5) is 9.29. The van der Waals surface area contributed by atoms with Crippen LogP contribution in [0.1, 0.15) is 0 Å². The lowest BCUT2D eigenvalue weighted by atomic mass is 10.2. The van der Waals surface area contributed by atoms with Gasteiger partial charge in [0.1, 0.15) is 11.0 Å². The Morgan fingerprint density at radius 2 is 1.95 bits per heavy atom. The molecule has 0 spiro atoms. The second kappa shape index (κ2) is 5.05. The van der Waals surface area contributed by atoms with E-state index >= 15 is 0 Å². The van der Waals surface area contributed by atoms with Gasteiger partial charge in [-0.15, -0.1) is 5.10 Å². The molecular formula is C15H18N6. The van der Waals surface area contributed by atoms with Crippen molar-refractivity contribution in [3.63, 3.8) is 0 Å². The van der Waals surface area contributed by atoms with Crippen molar-refractivity contribution in [2.24, 2.45) is 0 Å². The molecule has 3 aromatic rings. The Kier molecular flexibility index (Phi) is 3.05. The van der Waals surface area contributed by atoms with Gasteiger partial charge in [-0.1, -0.05) is 17.3 Å². The fraction of sp³-hybridized carbons (Fsp3) is 0.400. The Hall–Kier alpha value is -2.05. The molecule has 0 N–H and O–H groups in total.